The van der Waals surface area contributed by atoms with Crippen LogP contribution in [0.5, 0.6) is 0 Å². The number of ether oxygens (including phenoxy) is 2. The minimum atomic E-state index is 0.111. The molecule has 0 aliphatic carbocycles. The maximum Gasteiger partial charge on any atom is 0.248 e. The molecular formula is C12H20N2O3. The molecule has 3 aliphatic rings. The zero-order valence-electron chi connectivity index (χ0n) is 10.3. The molecule has 2 atom stereocenters. The average Bonchev–Trinajstić information content (AvgIpc) is 2.80. The van der Waals surface area contributed by atoms with Crippen molar-refractivity contribution >= 4 is 5.91 Å². The summed E-state index contributed by atoms with van der Waals surface area (Å²) in [7, 11) is 1.90. The summed E-state index contributed by atoms with van der Waals surface area (Å²) in [6, 6.07) is 0.862. The largest absolute Gasteiger partial charge is 0.381 e. The summed E-state index contributed by atoms with van der Waals surface area (Å²) in [6.07, 6.45) is 2.43. The molecule has 17 heavy (non-hydrogen) atoms. The van der Waals surface area contributed by atoms with Crippen LogP contribution < -0.4 is 0 Å². The number of carbonyl (C=O) groups excluding carboxylic acids is 1. The summed E-state index contributed by atoms with van der Waals surface area (Å²) < 4.78 is 11.0. The summed E-state index contributed by atoms with van der Waals surface area (Å²) >= 11 is 0. The number of likely N-dealkylation sites (tertiary alicyclic amines) is 1. The standard InChI is InChI=1S/C12H20N2O3/c1-13-10-6-14(9-2-4-16-5-3-9)7-11(10)17-8-12(13)15/h9-11H,2-8H2,1H3. The quantitative estimate of drug-likeness (QED) is 0.631. The van der Waals surface area contributed by atoms with E-state index < -0.39 is 0 Å². The number of hydrogen-bond donors (Lipinski definition) is 0. The van der Waals surface area contributed by atoms with Crippen LogP contribution in [-0.2, 0) is 14.3 Å². The smallest absolute Gasteiger partial charge is 0.248 e. The number of fused-ring (bicyclic) bond motifs is 1. The Kier molecular flexibility index (Phi) is 3.06. The van der Waals surface area contributed by atoms with Crippen molar-refractivity contribution in [3.8, 4) is 0 Å². The number of nitrogens with zero attached hydrogens (tertiary/aromatic N) is 2. The van der Waals surface area contributed by atoms with Crippen molar-refractivity contribution in [2.75, 3.05) is 40.0 Å². The van der Waals surface area contributed by atoms with Crippen molar-refractivity contribution in [1.82, 2.24) is 9.80 Å². The second kappa shape index (κ2) is 4.55. The van der Waals surface area contributed by atoms with Crippen molar-refractivity contribution < 1.29 is 14.3 Å². The molecule has 2 unspecified atom stereocenters. The van der Waals surface area contributed by atoms with Gasteiger partial charge in [0.25, 0.3) is 0 Å². The number of amides is 1. The lowest BCUT2D eigenvalue weighted by Crippen LogP contribution is -2.51. The van der Waals surface area contributed by atoms with Crippen molar-refractivity contribution in [1.29, 1.82) is 0 Å². The van der Waals surface area contributed by atoms with Crippen molar-refractivity contribution in [2.45, 2.75) is 31.0 Å². The first-order valence-electron chi connectivity index (χ1n) is 6.45. The first-order valence-corrected chi connectivity index (χ1v) is 6.45. The van der Waals surface area contributed by atoms with Crippen LogP contribution in [0.4, 0.5) is 0 Å². The monoisotopic (exact) mass is 240 g/mol. The molecule has 5 nitrogen and oxygen atoms in total. The maximum atomic E-state index is 11.6. The van der Waals surface area contributed by atoms with E-state index in [0.29, 0.717) is 6.04 Å². The third kappa shape index (κ3) is 2.07. The van der Waals surface area contributed by atoms with Gasteiger partial charge in [0.05, 0.1) is 12.1 Å². The van der Waals surface area contributed by atoms with Crippen LogP contribution in [-0.4, -0.2) is 73.9 Å². The van der Waals surface area contributed by atoms with Crippen LogP contribution in [0.2, 0.25) is 0 Å². The van der Waals surface area contributed by atoms with Gasteiger partial charge < -0.3 is 14.4 Å². The molecule has 0 saturated carbocycles. The van der Waals surface area contributed by atoms with Crippen molar-refractivity contribution in [2.24, 2.45) is 0 Å². The highest BCUT2D eigenvalue weighted by molar-refractivity contribution is 5.78. The second-order valence-corrected chi connectivity index (χ2v) is 5.22. The average molecular weight is 240 g/mol. The first-order chi connectivity index (χ1) is 8.25. The highest BCUT2D eigenvalue weighted by Crippen LogP contribution is 2.26. The van der Waals surface area contributed by atoms with Crippen LogP contribution in [0.25, 0.3) is 0 Å². The molecular weight excluding hydrogens is 220 g/mol. The van der Waals surface area contributed by atoms with Gasteiger partial charge in [-0.05, 0) is 12.8 Å². The van der Waals surface area contributed by atoms with E-state index in [1.165, 1.54) is 0 Å². The Balaban J connectivity index is 1.65. The third-order valence-corrected chi connectivity index (χ3v) is 4.28. The molecule has 1 amide bonds. The fraction of sp³-hybridized carbons (Fsp3) is 0.917. The van der Waals surface area contributed by atoms with E-state index in [4.69, 9.17) is 9.47 Å². The molecule has 3 rings (SSSR count). The second-order valence-electron chi connectivity index (χ2n) is 5.22. The molecule has 0 radical (unpaired) electrons. The zero-order valence-corrected chi connectivity index (χ0v) is 10.3. The normalized spacial score (nSPS) is 36.3. The molecule has 0 spiro atoms. The summed E-state index contributed by atoms with van der Waals surface area (Å²) in [5.41, 5.74) is 0. The van der Waals surface area contributed by atoms with E-state index in [1.54, 1.807) is 0 Å². The van der Waals surface area contributed by atoms with Crippen molar-refractivity contribution in [3.05, 3.63) is 0 Å². The number of carbonyl (C=O) groups is 1. The van der Waals surface area contributed by atoms with E-state index in [2.05, 4.69) is 4.90 Å². The molecule has 0 aromatic rings. The van der Waals surface area contributed by atoms with E-state index >= 15 is 0 Å². The highest BCUT2D eigenvalue weighted by Gasteiger charge is 2.43. The Bertz CT molecular complexity index is 304. The topological polar surface area (TPSA) is 42.0 Å². The predicted molar refractivity (Wildman–Crippen MR) is 61.7 cm³/mol. The highest BCUT2D eigenvalue weighted by atomic mass is 16.5. The van der Waals surface area contributed by atoms with Crippen molar-refractivity contribution in [3.63, 3.8) is 0 Å². The van der Waals surface area contributed by atoms with Crippen LogP contribution in [0.15, 0.2) is 0 Å². The number of hydrogen-bond acceptors (Lipinski definition) is 4. The van der Waals surface area contributed by atoms with Crippen LogP contribution in [0, 0.1) is 0 Å². The van der Waals surface area contributed by atoms with Gasteiger partial charge in [-0.2, -0.15) is 0 Å². The van der Waals surface area contributed by atoms with Gasteiger partial charge in [0.1, 0.15) is 6.61 Å². The van der Waals surface area contributed by atoms with E-state index in [-0.39, 0.29) is 24.7 Å². The van der Waals surface area contributed by atoms with Gasteiger partial charge in [0.2, 0.25) is 5.91 Å². The third-order valence-electron chi connectivity index (χ3n) is 4.28. The van der Waals surface area contributed by atoms with Gasteiger partial charge in [-0.1, -0.05) is 0 Å². The van der Waals surface area contributed by atoms with Crippen LogP contribution in [0.1, 0.15) is 12.8 Å². The maximum absolute atomic E-state index is 11.6. The lowest BCUT2D eigenvalue weighted by Gasteiger charge is -2.34. The fourth-order valence-electron chi connectivity index (χ4n) is 3.13. The van der Waals surface area contributed by atoms with E-state index in [0.717, 1.165) is 39.1 Å². The Morgan fingerprint density at radius 3 is 2.76 bits per heavy atom. The molecule has 0 aromatic heterocycles. The number of rotatable bonds is 1. The molecule has 0 bridgehead atoms. The van der Waals surface area contributed by atoms with Gasteiger partial charge in [0, 0.05) is 39.4 Å². The lowest BCUT2D eigenvalue weighted by atomic mass is 10.1. The predicted octanol–water partition coefficient (Wildman–Crippen LogP) is -0.293. The number of morpholine rings is 1. The van der Waals surface area contributed by atoms with Gasteiger partial charge in [0.15, 0.2) is 0 Å². The van der Waals surface area contributed by atoms with Gasteiger partial charge in [-0.25, -0.2) is 0 Å². The van der Waals surface area contributed by atoms with Gasteiger partial charge in [-0.15, -0.1) is 0 Å². The van der Waals surface area contributed by atoms with Gasteiger partial charge >= 0.3 is 0 Å². The summed E-state index contributed by atoms with van der Waals surface area (Å²) in [4.78, 5) is 15.9. The first kappa shape index (κ1) is 11.4. The Morgan fingerprint density at radius 1 is 1.24 bits per heavy atom. The number of likely N-dealkylation sites (N-methyl/N-ethyl adjacent to an activating group) is 1. The molecule has 3 saturated heterocycles. The molecule has 0 N–H and O–H groups in total. The minimum absolute atomic E-state index is 0.111. The summed E-state index contributed by atoms with van der Waals surface area (Å²) in [5.74, 6) is 0.111. The van der Waals surface area contributed by atoms with Gasteiger partial charge in [-0.3, -0.25) is 9.69 Å². The lowest BCUT2D eigenvalue weighted by molar-refractivity contribution is -0.150. The fourth-order valence-corrected chi connectivity index (χ4v) is 3.13. The zero-order chi connectivity index (χ0) is 11.8. The Labute approximate surface area is 102 Å². The summed E-state index contributed by atoms with van der Waals surface area (Å²) in [5, 5.41) is 0. The van der Waals surface area contributed by atoms with E-state index in [9.17, 15) is 4.79 Å². The molecule has 3 heterocycles. The van der Waals surface area contributed by atoms with Crippen LogP contribution >= 0.6 is 0 Å². The molecule has 5 heteroatoms. The SMILES string of the molecule is CN1C(=O)COC2CN(C3CCOCC3)CC21. The Morgan fingerprint density at radius 2 is 2.00 bits per heavy atom. The van der Waals surface area contributed by atoms with Crippen LogP contribution in [0.3, 0.4) is 0 Å². The molecule has 96 valence electrons. The Hall–Kier alpha value is -0.650. The molecule has 0 aromatic carbocycles. The summed E-state index contributed by atoms with van der Waals surface area (Å²) in [6.45, 7) is 3.90. The molecule has 3 fully saturated rings. The van der Waals surface area contributed by atoms with E-state index in [1.807, 2.05) is 11.9 Å². The molecule has 3 aliphatic heterocycles. The minimum Gasteiger partial charge on any atom is -0.381 e.